The van der Waals surface area contributed by atoms with Crippen molar-refractivity contribution in [2.45, 2.75) is 20.8 Å². The van der Waals surface area contributed by atoms with Crippen LogP contribution in [-0.2, 0) is 4.74 Å². The average molecular weight is 224 g/mol. The van der Waals surface area contributed by atoms with Crippen LogP contribution in [-0.4, -0.2) is 25.0 Å². The number of ether oxygens (including phenoxy) is 2. The van der Waals surface area contributed by atoms with Gasteiger partial charge in [0.15, 0.2) is 6.79 Å². The van der Waals surface area contributed by atoms with Gasteiger partial charge in [0.1, 0.15) is 5.75 Å². The number of aromatic carboxylic acids is 1. The minimum atomic E-state index is -0.906. The zero-order chi connectivity index (χ0) is 12.3. The molecule has 4 nitrogen and oxygen atoms in total. The third-order valence-electron chi connectivity index (χ3n) is 2.60. The fourth-order valence-electron chi connectivity index (χ4n) is 1.65. The maximum atomic E-state index is 11.1. The molecule has 0 radical (unpaired) electrons. The van der Waals surface area contributed by atoms with Crippen LogP contribution in [0.15, 0.2) is 6.07 Å². The minimum absolute atomic E-state index is 0.159. The first-order valence-electron chi connectivity index (χ1n) is 4.94. The lowest BCUT2D eigenvalue weighted by Crippen LogP contribution is -2.08. The highest BCUT2D eigenvalue weighted by atomic mass is 16.7. The van der Waals surface area contributed by atoms with Crippen LogP contribution in [0.3, 0.4) is 0 Å². The molecule has 1 rings (SSSR count). The first-order valence-corrected chi connectivity index (χ1v) is 4.94. The molecule has 1 aromatic carbocycles. The van der Waals surface area contributed by atoms with Crippen molar-refractivity contribution in [1.82, 2.24) is 0 Å². The largest absolute Gasteiger partial charge is 0.478 e. The molecule has 0 saturated heterocycles. The molecule has 0 spiro atoms. The lowest BCUT2D eigenvalue weighted by Gasteiger charge is -2.14. The van der Waals surface area contributed by atoms with Crippen molar-refractivity contribution < 1.29 is 19.4 Å². The molecule has 0 atom stereocenters. The van der Waals surface area contributed by atoms with Crippen LogP contribution >= 0.6 is 0 Å². The summed E-state index contributed by atoms with van der Waals surface area (Å²) in [4.78, 5) is 11.1. The van der Waals surface area contributed by atoms with Crippen molar-refractivity contribution in [3.05, 3.63) is 28.3 Å². The van der Waals surface area contributed by atoms with Gasteiger partial charge >= 0.3 is 5.97 Å². The van der Waals surface area contributed by atoms with E-state index in [1.54, 1.807) is 27.0 Å². The molecule has 16 heavy (non-hydrogen) atoms. The molecule has 1 N–H and O–H groups in total. The Morgan fingerprint density at radius 2 is 1.94 bits per heavy atom. The van der Waals surface area contributed by atoms with Crippen LogP contribution in [0.2, 0.25) is 0 Å². The Labute approximate surface area is 94.8 Å². The maximum absolute atomic E-state index is 11.1. The van der Waals surface area contributed by atoms with Crippen molar-refractivity contribution in [3.8, 4) is 5.75 Å². The van der Waals surface area contributed by atoms with Gasteiger partial charge in [-0.15, -0.1) is 0 Å². The van der Waals surface area contributed by atoms with E-state index in [1.165, 1.54) is 0 Å². The van der Waals surface area contributed by atoms with Gasteiger partial charge in [0.25, 0.3) is 0 Å². The topological polar surface area (TPSA) is 55.8 Å². The highest BCUT2D eigenvalue weighted by molar-refractivity contribution is 5.91. The molecule has 0 heterocycles. The standard InChI is InChI=1S/C12H16O4/c1-7-5-10(16-6-15-4)8(2)9(3)11(7)12(13)14/h5H,6H2,1-4H3,(H,13,14). The van der Waals surface area contributed by atoms with Crippen LogP contribution in [0.4, 0.5) is 0 Å². The van der Waals surface area contributed by atoms with E-state index >= 15 is 0 Å². The van der Waals surface area contributed by atoms with Crippen molar-refractivity contribution in [2.75, 3.05) is 13.9 Å². The molecule has 0 unspecified atom stereocenters. The first-order chi connectivity index (χ1) is 7.49. The minimum Gasteiger partial charge on any atom is -0.478 e. The summed E-state index contributed by atoms with van der Waals surface area (Å²) < 4.78 is 10.2. The molecule has 0 aliphatic heterocycles. The third kappa shape index (κ3) is 2.33. The average Bonchev–Trinajstić information content (AvgIpc) is 2.21. The smallest absolute Gasteiger partial charge is 0.336 e. The first kappa shape index (κ1) is 12.5. The summed E-state index contributed by atoms with van der Waals surface area (Å²) in [6, 6.07) is 1.73. The summed E-state index contributed by atoms with van der Waals surface area (Å²) in [7, 11) is 1.54. The number of rotatable bonds is 4. The van der Waals surface area contributed by atoms with Gasteiger partial charge in [0.05, 0.1) is 5.56 Å². The second-order valence-corrected chi connectivity index (χ2v) is 3.67. The fourth-order valence-corrected chi connectivity index (χ4v) is 1.65. The summed E-state index contributed by atoms with van der Waals surface area (Å²) >= 11 is 0. The van der Waals surface area contributed by atoms with Crippen LogP contribution in [0.5, 0.6) is 5.75 Å². The molecule has 88 valence electrons. The number of hydrogen-bond donors (Lipinski definition) is 1. The summed E-state index contributed by atoms with van der Waals surface area (Å²) in [5, 5.41) is 9.07. The predicted molar refractivity (Wildman–Crippen MR) is 60.1 cm³/mol. The molecule has 4 heteroatoms. The van der Waals surface area contributed by atoms with E-state index in [9.17, 15) is 4.79 Å². The summed E-state index contributed by atoms with van der Waals surface area (Å²) in [5.41, 5.74) is 2.61. The van der Waals surface area contributed by atoms with Crippen molar-refractivity contribution >= 4 is 5.97 Å². The lowest BCUT2D eigenvalue weighted by atomic mass is 9.97. The number of carboxylic acids is 1. The lowest BCUT2D eigenvalue weighted by molar-refractivity contribution is 0.0505. The van der Waals surface area contributed by atoms with Crippen LogP contribution in [0.25, 0.3) is 0 Å². The van der Waals surface area contributed by atoms with Gasteiger partial charge in [-0.05, 0) is 43.5 Å². The Hall–Kier alpha value is -1.55. The molecule has 0 bridgehead atoms. The number of carboxylic acid groups (broad SMARTS) is 1. The summed E-state index contributed by atoms with van der Waals surface area (Å²) in [6.45, 7) is 5.54. The molecule has 0 saturated carbocycles. The quantitative estimate of drug-likeness (QED) is 0.797. The fraction of sp³-hybridized carbons (Fsp3) is 0.417. The van der Waals surface area contributed by atoms with Crippen LogP contribution in [0.1, 0.15) is 27.0 Å². The van der Waals surface area contributed by atoms with Crippen LogP contribution in [0, 0.1) is 20.8 Å². The van der Waals surface area contributed by atoms with Crippen molar-refractivity contribution in [2.24, 2.45) is 0 Å². The normalized spacial score (nSPS) is 10.2. The highest BCUT2D eigenvalue weighted by Crippen LogP contribution is 2.27. The molecule has 0 aromatic heterocycles. The molecule has 0 aliphatic carbocycles. The Bertz CT molecular complexity index is 410. The van der Waals surface area contributed by atoms with Gasteiger partial charge in [0.2, 0.25) is 0 Å². The zero-order valence-electron chi connectivity index (χ0n) is 9.96. The van der Waals surface area contributed by atoms with Gasteiger partial charge in [-0.3, -0.25) is 0 Å². The second kappa shape index (κ2) is 4.99. The summed E-state index contributed by atoms with van der Waals surface area (Å²) in [5.74, 6) is -0.238. The van der Waals surface area contributed by atoms with Gasteiger partial charge < -0.3 is 14.6 Å². The van der Waals surface area contributed by atoms with Gasteiger partial charge in [0, 0.05) is 7.11 Å². The molecule has 0 fully saturated rings. The molecule has 1 aromatic rings. The van der Waals surface area contributed by atoms with E-state index in [0.717, 1.165) is 11.1 Å². The second-order valence-electron chi connectivity index (χ2n) is 3.67. The maximum Gasteiger partial charge on any atom is 0.336 e. The van der Waals surface area contributed by atoms with Crippen molar-refractivity contribution in [3.63, 3.8) is 0 Å². The number of aryl methyl sites for hydroxylation is 1. The Balaban J connectivity index is 3.22. The monoisotopic (exact) mass is 224 g/mol. The Morgan fingerprint density at radius 1 is 1.31 bits per heavy atom. The van der Waals surface area contributed by atoms with Crippen molar-refractivity contribution in [1.29, 1.82) is 0 Å². The van der Waals surface area contributed by atoms with E-state index in [4.69, 9.17) is 14.6 Å². The SMILES string of the molecule is COCOc1cc(C)c(C(=O)O)c(C)c1C. The van der Waals surface area contributed by atoms with Crippen LogP contribution < -0.4 is 4.74 Å². The van der Waals surface area contributed by atoms with Gasteiger partial charge in [-0.2, -0.15) is 0 Å². The van der Waals surface area contributed by atoms with E-state index in [0.29, 0.717) is 16.9 Å². The van der Waals surface area contributed by atoms with Gasteiger partial charge in [-0.25, -0.2) is 4.79 Å². The highest BCUT2D eigenvalue weighted by Gasteiger charge is 2.16. The predicted octanol–water partition coefficient (Wildman–Crippen LogP) is 2.29. The molecule has 0 amide bonds. The number of benzene rings is 1. The molecular weight excluding hydrogens is 208 g/mol. The molecule has 0 aliphatic rings. The zero-order valence-corrected chi connectivity index (χ0v) is 9.96. The van der Waals surface area contributed by atoms with E-state index in [1.807, 2.05) is 6.92 Å². The number of methoxy groups -OCH3 is 1. The third-order valence-corrected chi connectivity index (χ3v) is 2.60. The Morgan fingerprint density at radius 3 is 2.44 bits per heavy atom. The van der Waals surface area contributed by atoms with Gasteiger partial charge in [-0.1, -0.05) is 0 Å². The number of hydrogen-bond acceptors (Lipinski definition) is 3. The van der Waals surface area contributed by atoms with E-state index in [-0.39, 0.29) is 6.79 Å². The summed E-state index contributed by atoms with van der Waals surface area (Å²) in [6.07, 6.45) is 0. The molecular formula is C12H16O4. The Kier molecular flexibility index (Phi) is 3.90. The van der Waals surface area contributed by atoms with E-state index in [2.05, 4.69) is 0 Å². The number of carbonyl (C=O) groups is 1. The van der Waals surface area contributed by atoms with E-state index < -0.39 is 5.97 Å².